The molecule has 1 unspecified atom stereocenters. The molecule has 1 fully saturated rings. The Bertz CT molecular complexity index is 742. The Balaban J connectivity index is 2.15. The van der Waals surface area contributed by atoms with Crippen molar-refractivity contribution in [2.24, 2.45) is 5.73 Å². The van der Waals surface area contributed by atoms with Crippen molar-refractivity contribution in [2.75, 3.05) is 13.7 Å². The number of primary amides is 1. The van der Waals surface area contributed by atoms with Crippen molar-refractivity contribution < 1.29 is 14.3 Å². The number of nitrogens with one attached hydrogen (secondary N) is 1. The number of ether oxygens (including phenoxy) is 1. The molecule has 1 amide bonds. The first-order valence-electron chi connectivity index (χ1n) is 6.65. The fraction of sp³-hybridized carbons (Fsp3) is 0.267. The first-order chi connectivity index (χ1) is 10.1. The molecule has 2 aromatic rings. The third-order valence-corrected chi connectivity index (χ3v) is 3.64. The van der Waals surface area contributed by atoms with Crippen LogP contribution in [0.4, 0.5) is 0 Å². The van der Waals surface area contributed by atoms with Crippen LogP contribution >= 0.6 is 0 Å². The molecule has 108 valence electrons. The van der Waals surface area contributed by atoms with Gasteiger partial charge in [-0.2, -0.15) is 0 Å². The van der Waals surface area contributed by atoms with Crippen LogP contribution in [-0.2, 0) is 4.79 Å². The number of nitrogens with two attached hydrogens (primary N) is 1. The highest BCUT2D eigenvalue weighted by Crippen LogP contribution is 2.30. The number of hydrogen-bond acceptors (Lipinski definition) is 5. The molecule has 0 aliphatic carbocycles. The summed E-state index contributed by atoms with van der Waals surface area (Å²) in [6, 6.07) is 6.52. The van der Waals surface area contributed by atoms with E-state index in [4.69, 9.17) is 10.5 Å². The van der Waals surface area contributed by atoms with Crippen LogP contribution in [0.15, 0.2) is 24.3 Å². The van der Waals surface area contributed by atoms with Crippen LogP contribution in [-0.4, -0.2) is 30.3 Å². The number of methoxy groups -OCH3 is 1. The highest BCUT2D eigenvalue weighted by atomic mass is 16.5. The maximum absolute atomic E-state index is 11.9. The van der Waals surface area contributed by atoms with Crippen molar-refractivity contribution in [2.45, 2.75) is 12.5 Å². The molecule has 1 aliphatic rings. The number of hydrogen-bond donors (Lipinski definition) is 2. The Morgan fingerprint density at radius 3 is 2.86 bits per heavy atom. The van der Waals surface area contributed by atoms with E-state index in [-0.39, 0.29) is 11.8 Å². The number of fused-ring (bicyclic) bond motifs is 1. The highest BCUT2D eigenvalue weighted by molar-refractivity contribution is 5.97. The maximum Gasteiger partial charge on any atom is 0.248 e. The fourth-order valence-corrected chi connectivity index (χ4v) is 2.57. The van der Waals surface area contributed by atoms with E-state index < -0.39 is 5.91 Å². The molecule has 1 aliphatic heterocycles. The summed E-state index contributed by atoms with van der Waals surface area (Å²) in [7, 11) is 1.51. The predicted octanol–water partition coefficient (Wildman–Crippen LogP) is 0.946. The van der Waals surface area contributed by atoms with Crippen molar-refractivity contribution in [1.82, 2.24) is 10.3 Å². The van der Waals surface area contributed by atoms with Gasteiger partial charge in [0.05, 0.1) is 18.7 Å². The van der Waals surface area contributed by atoms with Crippen LogP contribution < -0.4 is 15.8 Å². The second kappa shape index (κ2) is 5.14. The maximum atomic E-state index is 11.9. The monoisotopic (exact) mass is 285 g/mol. The van der Waals surface area contributed by atoms with Gasteiger partial charge in [-0.25, -0.2) is 4.98 Å². The lowest BCUT2D eigenvalue weighted by Gasteiger charge is -2.14. The van der Waals surface area contributed by atoms with E-state index in [2.05, 4.69) is 10.3 Å². The number of carbonyl (C=O) groups excluding carboxylic acids is 2. The molecule has 1 aromatic carbocycles. The molecule has 3 N–H and O–H groups in total. The molecule has 3 rings (SSSR count). The molecule has 0 radical (unpaired) electrons. The number of nitrogens with zero attached hydrogens (tertiary/aromatic N) is 1. The van der Waals surface area contributed by atoms with E-state index >= 15 is 0 Å². The molecular weight excluding hydrogens is 270 g/mol. The standard InChI is InChI=1S/C15H15N3O3/c1-21-15-10(13-12(19)4-5-17-13)6-8-2-3-9(14(16)20)7-11(8)18-15/h2-3,6-7,13,17H,4-5H2,1H3,(H2,16,20). The number of aromatic nitrogens is 1. The van der Waals surface area contributed by atoms with E-state index in [0.29, 0.717) is 29.9 Å². The van der Waals surface area contributed by atoms with Crippen molar-refractivity contribution >= 4 is 22.6 Å². The Hall–Kier alpha value is -2.47. The quantitative estimate of drug-likeness (QED) is 0.875. The predicted molar refractivity (Wildman–Crippen MR) is 77.2 cm³/mol. The summed E-state index contributed by atoms with van der Waals surface area (Å²) in [5.41, 5.74) is 6.99. The summed E-state index contributed by atoms with van der Waals surface area (Å²) in [6.45, 7) is 0.658. The van der Waals surface area contributed by atoms with Crippen LogP contribution in [0.3, 0.4) is 0 Å². The number of pyridine rings is 1. The van der Waals surface area contributed by atoms with E-state index in [1.165, 1.54) is 7.11 Å². The zero-order chi connectivity index (χ0) is 15.0. The molecular formula is C15H15N3O3. The van der Waals surface area contributed by atoms with Gasteiger partial charge < -0.3 is 15.8 Å². The van der Waals surface area contributed by atoms with E-state index in [1.807, 2.05) is 6.07 Å². The van der Waals surface area contributed by atoms with Crippen molar-refractivity contribution in [3.63, 3.8) is 0 Å². The van der Waals surface area contributed by atoms with E-state index in [1.54, 1.807) is 18.2 Å². The number of Topliss-reactive ketones (excluding diaryl/α,β-unsaturated/α-hetero) is 1. The lowest BCUT2D eigenvalue weighted by molar-refractivity contribution is -0.118. The van der Waals surface area contributed by atoms with Gasteiger partial charge in [-0.05, 0) is 18.2 Å². The van der Waals surface area contributed by atoms with Gasteiger partial charge in [-0.1, -0.05) is 6.07 Å². The van der Waals surface area contributed by atoms with Crippen molar-refractivity contribution in [3.8, 4) is 5.88 Å². The van der Waals surface area contributed by atoms with Gasteiger partial charge in [0.15, 0.2) is 5.78 Å². The average molecular weight is 285 g/mol. The normalized spacial score (nSPS) is 18.1. The molecule has 6 heteroatoms. The summed E-state index contributed by atoms with van der Waals surface area (Å²) < 4.78 is 5.30. The molecule has 21 heavy (non-hydrogen) atoms. The number of ketones is 1. The summed E-state index contributed by atoms with van der Waals surface area (Å²) in [5, 5.41) is 3.98. The molecule has 0 bridgehead atoms. The van der Waals surface area contributed by atoms with E-state index in [0.717, 1.165) is 10.9 Å². The molecule has 0 saturated carbocycles. The summed E-state index contributed by atoms with van der Waals surface area (Å²) in [6.07, 6.45) is 0.506. The first kappa shape index (κ1) is 13.5. The Kier molecular flexibility index (Phi) is 3.31. The van der Waals surface area contributed by atoms with Crippen molar-refractivity contribution in [3.05, 3.63) is 35.4 Å². The lowest BCUT2D eigenvalue weighted by atomic mass is 10.0. The molecule has 2 heterocycles. The topological polar surface area (TPSA) is 94.3 Å². The van der Waals surface area contributed by atoms with Crippen LogP contribution in [0.5, 0.6) is 5.88 Å². The fourth-order valence-electron chi connectivity index (χ4n) is 2.57. The third-order valence-electron chi connectivity index (χ3n) is 3.64. The Morgan fingerprint density at radius 2 is 2.24 bits per heavy atom. The second-order valence-corrected chi connectivity index (χ2v) is 4.96. The molecule has 1 saturated heterocycles. The van der Waals surface area contributed by atoms with Crippen molar-refractivity contribution in [1.29, 1.82) is 0 Å². The van der Waals surface area contributed by atoms with Gasteiger partial charge in [-0.3, -0.25) is 9.59 Å². The summed E-state index contributed by atoms with van der Waals surface area (Å²) in [4.78, 5) is 27.5. The minimum absolute atomic E-state index is 0.128. The van der Waals surface area contributed by atoms with E-state index in [9.17, 15) is 9.59 Å². The smallest absolute Gasteiger partial charge is 0.248 e. The molecule has 1 atom stereocenters. The average Bonchev–Trinajstić information content (AvgIpc) is 2.91. The van der Waals surface area contributed by atoms with Crippen LogP contribution in [0.25, 0.3) is 10.9 Å². The van der Waals surface area contributed by atoms with Gasteiger partial charge in [0.2, 0.25) is 11.8 Å². The van der Waals surface area contributed by atoms with Gasteiger partial charge in [-0.15, -0.1) is 0 Å². The number of benzene rings is 1. The lowest BCUT2D eigenvalue weighted by Crippen LogP contribution is -2.19. The molecule has 1 aromatic heterocycles. The van der Waals surface area contributed by atoms with Gasteiger partial charge in [0, 0.05) is 29.5 Å². The minimum Gasteiger partial charge on any atom is -0.481 e. The van der Waals surface area contributed by atoms with Crippen LogP contribution in [0.2, 0.25) is 0 Å². The third kappa shape index (κ3) is 2.34. The molecule has 6 nitrogen and oxygen atoms in total. The number of amides is 1. The minimum atomic E-state index is -0.505. The zero-order valence-corrected chi connectivity index (χ0v) is 11.6. The van der Waals surface area contributed by atoms with Gasteiger partial charge in [0.25, 0.3) is 0 Å². The van der Waals surface area contributed by atoms with Crippen LogP contribution in [0.1, 0.15) is 28.4 Å². The van der Waals surface area contributed by atoms with Crippen LogP contribution in [0, 0.1) is 0 Å². The first-order valence-corrected chi connectivity index (χ1v) is 6.65. The number of rotatable bonds is 3. The molecule has 0 spiro atoms. The summed E-state index contributed by atoms with van der Waals surface area (Å²) in [5.74, 6) is 0.00876. The zero-order valence-electron chi connectivity index (χ0n) is 11.6. The number of carbonyl (C=O) groups is 2. The highest BCUT2D eigenvalue weighted by Gasteiger charge is 2.29. The van der Waals surface area contributed by atoms with Gasteiger partial charge in [0.1, 0.15) is 0 Å². The van der Waals surface area contributed by atoms with Gasteiger partial charge >= 0.3 is 0 Å². The Morgan fingerprint density at radius 1 is 1.43 bits per heavy atom. The Labute approximate surface area is 121 Å². The second-order valence-electron chi connectivity index (χ2n) is 4.96. The summed E-state index contributed by atoms with van der Waals surface area (Å²) >= 11 is 0. The largest absolute Gasteiger partial charge is 0.481 e. The SMILES string of the molecule is COc1nc2cc(C(N)=O)ccc2cc1C1NCCC1=O.